The van der Waals surface area contributed by atoms with Crippen LogP contribution < -0.4 is 5.32 Å². The first-order chi connectivity index (χ1) is 10.2. The Labute approximate surface area is 125 Å². The van der Waals surface area contributed by atoms with E-state index in [-0.39, 0.29) is 25.2 Å². The minimum atomic E-state index is -0.164. The van der Waals surface area contributed by atoms with Gasteiger partial charge in [-0.3, -0.25) is 4.79 Å². The Morgan fingerprint density at radius 1 is 1.33 bits per heavy atom. The van der Waals surface area contributed by atoms with E-state index in [1.807, 2.05) is 31.2 Å². The summed E-state index contributed by atoms with van der Waals surface area (Å²) in [7, 11) is 1.58. The summed E-state index contributed by atoms with van der Waals surface area (Å²) in [5.74, 6) is 5.25. The van der Waals surface area contributed by atoms with E-state index >= 15 is 0 Å². The smallest absolute Gasteiger partial charge is 0.246 e. The summed E-state index contributed by atoms with van der Waals surface area (Å²) >= 11 is 0. The third-order valence-electron chi connectivity index (χ3n) is 2.76. The molecule has 0 bridgehead atoms. The summed E-state index contributed by atoms with van der Waals surface area (Å²) in [6.07, 6.45) is 0. The highest BCUT2D eigenvalue weighted by atomic mass is 16.5. The Hall–Kier alpha value is -1.87. The molecule has 1 aromatic rings. The number of hydrogen-bond acceptors (Lipinski definition) is 4. The van der Waals surface area contributed by atoms with E-state index in [2.05, 4.69) is 17.2 Å². The molecule has 5 nitrogen and oxygen atoms in total. The fourth-order valence-electron chi connectivity index (χ4n) is 1.67. The van der Waals surface area contributed by atoms with Gasteiger partial charge in [0.25, 0.3) is 0 Å². The Bertz CT molecular complexity index is 487. The van der Waals surface area contributed by atoms with Gasteiger partial charge in [0.15, 0.2) is 0 Å². The van der Waals surface area contributed by atoms with Crippen molar-refractivity contribution in [3.05, 3.63) is 35.4 Å². The number of amides is 1. The van der Waals surface area contributed by atoms with E-state index in [4.69, 9.17) is 14.6 Å². The van der Waals surface area contributed by atoms with Crippen molar-refractivity contribution < 1.29 is 19.4 Å². The quantitative estimate of drug-likeness (QED) is 0.578. The number of hydrogen-bond donors (Lipinski definition) is 2. The molecule has 1 unspecified atom stereocenters. The van der Waals surface area contributed by atoms with Gasteiger partial charge < -0.3 is 19.9 Å². The standard InChI is InChI=1S/C16H21NO4/c1-13(17-16(19)12-21-11-10-20-2)15-7-5-14(6-8-15)4-3-9-18/h5-8,13,18H,9-12H2,1-2H3,(H,17,19). The first kappa shape index (κ1) is 17.2. The Kier molecular flexibility index (Phi) is 8.14. The second kappa shape index (κ2) is 9.94. The molecule has 21 heavy (non-hydrogen) atoms. The normalized spacial score (nSPS) is 11.4. The van der Waals surface area contributed by atoms with Gasteiger partial charge in [0.05, 0.1) is 19.3 Å². The number of rotatable bonds is 7. The minimum absolute atomic E-state index is 0.0216. The van der Waals surface area contributed by atoms with Crippen molar-refractivity contribution in [2.24, 2.45) is 0 Å². The van der Waals surface area contributed by atoms with Crippen LogP contribution >= 0.6 is 0 Å². The Balaban J connectivity index is 2.44. The summed E-state index contributed by atoms with van der Waals surface area (Å²) in [5, 5.41) is 11.5. The number of benzene rings is 1. The molecule has 0 spiro atoms. The van der Waals surface area contributed by atoms with E-state index in [9.17, 15) is 4.79 Å². The van der Waals surface area contributed by atoms with Crippen molar-refractivity contribution in [1.29, 1.82) is 0 Å². The summed E-state index contributed by atoms with van der Waals surface area (Å²) in [5.41, 5.74) is 1.81. The summed E-state index contributed by atoms with van der Waals surface area (Å²) in [6, 6.07) is 7.41. The van der Waals surface area contributed by atoms with E-state index in [0.717, 1.165) is 11.1 Å². The van der Waals surface area contributed by atoms with Crippen LogP contribution in [0.25, 0.3) is 0 Å². The predicted molar refractivity (Wildman–Crippen MR) is 79.7 cm³/mol. The molecule has 2 N–H and O–H groups in total. The first-order valence-corrected chi connectivity index (χ1v) is 6.73. The van der Waals surface area contributed by atoms with Crippen LogP contribution in [0.3, 0.4) is 0 Å². The monoisotopic (exact) mass is 291 g/mol. The van der Waals surface area contributed by atoms with Crippen LogP contribution in [-0.2, 0) is 14.3 Å². The van der Waals surface area contributed by atoms with Crippen LogP contribution in [-0.4, -0.2) is 44.6 Å². The van der Waals surface area contributed by atoms with E-state index in [1.54, 1.807) is 7.11 Å². The van der Waals surface area contributed by atoms with Gasteiger partial charge >= 0.3 is 0 Å². The number of ether oxygens (including phenoxy) is 2. The SMILES string of the molecule is COCCOCC(=O)NC(C)c1ccc(C#CCO)cc1. The molecule has 1 aromatic carbocycles. The number of aliphatic hydroxyl groups is 1. The maximum absolute atomic E-state index is 11.7. The maximum Gasteiger partial charge on any atom is 0.246 e. The molecular formula is C16H21NO4. The van der Waals surface area contributed by atoms with Gasteiger partial charge in [0.2, 0.25) is 5.91 Å². The van der Waals surface area contributed by atoms with Crippen molar-refractivity contribution in [3.8, 4) is 11.8 Å². The summed E-state index contributed by atoms with van der Waals surface area (Å²) in [6.45, 7) is 2.64. The number of carbonyl (C=O) groups excluding carboxylic acids is 1. The Morgan fingerprint density at radius 2 is 2.05 bits per heavy atom. The van der Waals surface area contributed by atoms with Crippen molar-refractivity contribution in [2.75, 3.05) is 33.5 Å². The lowest BCUT2D eigenvalue weighted by molar-refractivity contribution is -0.126. The molecule has 0 aromatic heterocycles. The van der Waals surface area contributed by atoms with Crippen LogP contribution in [0.1, 0.15) is 24.1 Å². The van der Waals surface area contributed by atoms with Gasteiger partial charge in [-0.1, -0.05) is 24.0 Å². The molecule has 0 saturated carbocycles. The third kappa shape index (κ3) is 6.91. The van der Waals surface area contributed by atoms with Gasteiger partial charge in [0, 0.05) is 12.7 Å². The van der Waals surface area contributed by atoms with E-state index in [0.29, 0.717) is 13.2 Å². The van der Waals surface area contributed by atoms with E-state index < -0.39 is 0 Å². The average molecular weight is 291 g/mol. The maximum atomic E-state index is 11.7. The lowest BCUT2D eigenvalue weighted by atomic mass is 10.1. The predicted octanol–water partition coefficient (Wildman–Crippen LogP) is 0.871. The highest BCUT2D eigenvalue weighted by molar-refractivity contribution is 5.77. The zero-order valence-electron chi connectivity index (χ0n) is 12.4. The molecule has 0 saturated heterocycles. The number of methoxy groups -OCH3 is 1. The van der Waals surface area contributed by atoms with Gasteiger partial charge in [0.1, 0.15) is 13.2 Å². The summed E-state index contributed by atoms with van der Waals surface area (Å²) < 4.78 is 9.99. The van der Waals surface area contributed by atoms with Crippen molar-refractivity contribution >= 4 is 5.91 Å². The molecule has 1 rings (SSSR count). The van der Waals surface area contributed by atoms with Gasteiger partial charge in [-0.25, -0.2) is 0 Å². The first-order valence-electron chi connectivity index (χ1n) is 6.73. The number of carbonyl (C=O) groups is 1. The molecule has 1 atom stereocenters. The van der Waals surface area contributed by atoms with Gasteiger partial charge in [-0.2, -0.15) is 0 Å². The molecule has 0 aliphatic carbocycles. The fraction of sp³-hybridized carbons (Fsp3) is 0.438. The molecule has 0 radical (unpaired) electrons. The second-order valence-electron chi connectivity index (χ2n) is 4.42. The van der Waals surface area contributed by atoms with Crippen molar-refractivity contribution in [1.82, 2.24) is 5.32 Å². The largest absolute Gasteiger partial charge is 0.384 e. The fourth-order valence-corrected chi connectivity index (χ4v) is 1.67. The molecule has 0 aliphatic heterocycles. The van der Waals surface area contributed by atoms with Crippen LogP contribution in [0.2, 0.25) is 0 Å². The van der Waals surface area contributed by atoms with Crippen LogP contribution in [0.15, 0.2) is 24.3 Å². The zero-order chi connectivity index (χ0) is 15.5. The molecule has 1 amide bonds. The van der Waals surface area contributed by atoms with Gasteiger partial charge in [-0.05, 0) is 24.6 Å². The molecule has 0 aliphatic rings. The lowest BCUT2D eigenvalue weighted by Gasteiger charge is -2.14. The van der Waals surface area contributed by atoms with E-state index in [1.165, 1.54) is 0 Å². The average Bonchev–Trinajstić information content (AvgIpc) is 2.50. The highest BCUT2D eigenvalue weighted by Crippen LogP contribution is 2.12. The van der Waals surface area contributed by atoms with Gasteiger partial charge in [-0.15, -0.1) is 0 Å². The highest BCUT2D eigenvalue weighted by Gasteiger charge is 2.09. The number of nitrogens with one attached hydrogen (secondary N) is 1. The van der Waals surface area contributed by atoms with Crippen molar-refractivity contribution in [3.63, 3.8) is 0 Å². The molecule has 0 fully saturated rings. The number of aliphatic hydroxyl groups excluding tert-OH is 1. The lowest BCUT2D eigenvalue weighted by Crippen LogP contribution is -2.30. The topological polar surface area (TPSA) is 67.8 Å². The van der Waals surface area contributed by atoms with Crippen LogP contribution in [0.4, 0.5) is 0 Å². The molecule has 114 valence electrons. The zero-order valence-corrected chi connectivity index (χ0v) is 12.4. The Morgan fingerprint density at radius 3 is 2.67 bits per heavy atom. The van der Waals surface area contributed by atoms with Crippen molar-refractivity contribution in [2.45, 2.75) is 13.0 Å². The minimum Gasteiger partial charge on any atom is -0.384 e. The third-order valence-corrected chi connectivity index (χ3v) is 2.76. The molecular weight excluding hydrogens is 270 g/mol. The second-order valence-corrected chi connectivity index (χ2v) is 4.42. The molecule has 0 heterocycles. The molecule has 5 heteroatoms. The van der Waals surface area contributed by atoms with Crippen LogP contribution in [0.5, 0.6) is 0 Å². The summed E-state index contributed by atoms with van der Waals surface area (Å²) in [4.78, 5) is 11.7. The van der Waals surface area contributed by atoms with Crippen LogP contribution in [0, 0.1) is 11.8 Å².